The van der Waals surface area contributed by atoms with Crippen molar-refractivity contribution in [2.75, 3.05) is 19.6 Å². The maximum Gasteiger partial charge on any atom is 0.137 e. The van der Waals surface area contributed by atoms with Crippen LogP contribution in [0.5, 0.6) is 0 Å². The van der Waals surface area contributed by atoms with Crippen LogP contribution in [0.3, 0.4) is 0 Å². The molecule has 5 rings (SSSR count). The van der Waals surface area contributed by atoms with Gasteiger partial charge in [0.15, 0.2) is 0 Å². The first kappa shape index (κ1) is 23.5. The van der Waals surface area contributed by atoms with Crippen LogP contribution in [0.15, 0.2) is 58.7 Å². The number of nitrogens with zero attached hydrogens (tertiary/aromatic N) is 6. The van der Waals surface area contributed by atoms with Crippen LogP contribution in [0.1, 0.15) is 37.1 Å². The molecule has 4 heterocycles. The van der Waals surface area contributed by atoms with Gasteiger partial charge in [-0.2, -0.15) is 15.5 Å². The van der Waals surface area contributed by atoms with Crippen molar-refractivity contribution in [2.45, 2.75) is 48.6 Å². The number of nitriles is 1. The molecule has 1 fully saturated rings. The van der Waals surface area contributed by atoms with E-state index in [-0.39, 0.29) is 11.9 Å². The van der Waals surface area contributed by atoms with Crippen LogP contribution in [-0.2, 0) is 0 Å². The van der Waals surface area contributed by atoms with E-state index in [4.69, 9.17) is 5.10 Å². The largest absolute Gasteiger partial charge is 0.392 e. The molecule has 0 radical (unpaired) electrons. The van der Waals surface area contributed by atoms with Crippen molar-refractivity contribution in [3.63, 3.8) is 0 Å². The highest BCUT2D eigenvalue weighted by Gasteiger charge is 2.24. The van der Waals surface area contributed by atoms with Crippen LogP contribution in [0.2, 0.25) is 0 Å². The highest BCUT2D eigenvalue weighted by atomic mass is 32.2. The Balaban J connectivity index is 1.49. The number of aliphatic hydroxyl groups is 1. The van der Waals surface area contributed by atoms with E-state index in [2.05, 4.69) is 27.7 Å². The Hall–Kier alpha value is -3.19. The van der Waals surface area contributed by atoms with Gasteiger partial charge in [-0.25, -0.2) is 8.91 Å². The van der Waals surface area contributed by atoms with Gasteiger partial charge in [-0.3, -0.25) is 4.68 Å². The van der Waals surface area contributed by atoms with E-state index in [1.165, 1.54) is 17.8 Å². The number of benzene rings is 1. The summed E-state index contributed by atoms with van der Waals surface area (Å²) in [6, 6.07) is 11.1. The molecule has 0 bridgehead atoms. The van der Waals surface area contributed by atoms with Gasteiger partial charge in [0, 0.05) is 52.4 Å². The van der Waals surface area contributed by atoms with Crippen molar-refractivity contribution in [3.8, 4) is 17.2 Å². The SMILES string of the molecule is Cc1c(-c2cc(Sc3ccccc3F)c3c(C#N)cnn3c2)cnn1C1CCN(C[C@H](C)O)CC1. The second-order valence-electron chi connectivity index (χ2n) is 9.06. The van der Waals surface area contributed by atoms with E-state index in [1.807, 2.05) is 25.4 Å². The minimum Gasteiger partial charge on any atom is -0.392 e. The second-order valence-corrected chi connectivity index (χ2v) is 10.1. The Morgan fingerprint density at radius 1 is 1.20 bits per heavy atom. The number of pyridine rings is 1. The molecule has 0 aliphatic carbocycles. The molecule has 0 saturated carbocycles. The van der Waals surface area contributed by atoms with Crippen LogP contribution in [0.25, 0.3) is 16.6 Å². The van der Waals surface area contributed by atoms with Crippen molar-refractivity contribution in [1.29, 1.82) is 5.26 Å². The number of halogens is 1. The highest BCUT2D eigenvalue weighted by Crippen LogP contribution is 2.38. The van der Waals surface area contributed by atoms with Gasteiger partial charge in [0.1, 0.15) is 11.9 Å². The molecule has 9 heteroatoms. The minimum atomic E-state index is -0.320. The Kier molecular flexibility index (Phi) is 6.60. The van der Waals surface area contributed by atoms with Gasteiger partial charge in [-0.1, -0.05) is 23.9 Å². The number of rotatable bonds is 6. The first-order valence-electron chi connectivity index (χ1n) is 11.7. The van der Waals surface area contributed by atoms with E-state index < -0.39 is 0 Å². The molecule has 0 unspecified atom stereocenters. The summed E-state index contributed by atoms with van der Waals surface area (Å²) in [7, 11) is 0. The Morgan fingerprint density at radius 3 is 2.69 bits per heavy atom. The summed E-state index contributed by atoms with van der Waals surface area (Å²) in [5, 5.41) is 28.4. The topological polar surface area (TPSA) is 82.4 Å². The Labute approximate surface area is 207 Å². The molecule has 1 aromatic carbocycles. The third-order valence-electron chi connectivity index (χ3n) is 6.53. The highest BCUT2D eigenvalue weighted by molar-refractivity contribution is 7.99. The Morgan fingerprint density at radius 2 is 1.97 bits per heavy atom. The summed E-state index contributed by atoms with van der Waals surface area (Å²) in [4.78, 5) is 3.55. The fraction of sp³-hybridized carbons (Fsp3) is 0.346. The normalized spacial score (nSPS) is 16.0. The zero-order chi connectivity index (χ0) is 24.5. The molecule has 1 aliphatic rings. The van der Waals surface area contributed by atoms with Gasteiger partial charge in [0.25, 0.3) is 0 Å². The van der Waals surface area contributed by atoms with E-state index in [0.717, 1.165) is 47.6 Å². The van der Waals surface area contributed by atoms with Crippen LogP contribution >= 0.6 is 11.8 Å². The Bertz CT molecular complexity index is 1400. The van der Waals surface area contributed by atoms with Crippen LogP contribution in [0.4, 0.5) is 4.39 Å². The maximum absolute atomic E-state index is 14.4. The number of hydrogen-bond donors (Lipinski definition) is 1. The lowest BCUT2D eigenvalue weighted by Gasteiger charge is -2.33. The number of aromatic nitrogens is 4. The van der Waals surface area contributed by atoms with Crippen LogP contribution < -0.4 is 0 Å². The molecule has 4 aromatic rings. The van der Waals surface area contributed by atoms with Crippen molar-refractivity contribution < 1.29 is 9.50 Å². The average Bonchev–Trinajstić information content (AvgIpc) is 3.44. The second kappa shape index (κ2) is 9.82. The van der Waals surface area contributed by atoms with E-state index in [1.54, 1.807) is 28.9 Å². The predicted molar refractivity (Wildman–Crippen MR) is 133 cm³/mol. The van der Waals surface area contributed by atoms with Gasteiger partial charge < -0.3 is 10.0 Å². The molecule has 180 valence electrons. The summed E-state index contributed by atoms with van der Waals surface area (Å²) in [6.07, 6.45) is 6.97. The van der Waals surface area contributed by atoms with Crippen LogP contribution in [0, 0.1) is 24.1 Å². The van der Waals surface area contributed by atoms with E-state index >= 15 is 0 Å². The lowest BCUT2D eigenvalue weighted by Crippen LogP contribution is -2.39. The van der Waals surface area contributed by atoms with E-state index in [9.17, 15) is 14.8 Å². The smallest absolute Gasteiger partial charge is 0.137 e. The summed E-state index contributed by atoms with van der Waals surface area (Å²) in [5.41, 5.74) is 4.08. The predicted octanol–water partition coefficient (Wildman–Crippen LogP) is 4.69. The van der Waals surface area contributed by atoms with Gasteiger partial charge in [-0.05, 0) is 44.9 Å². The lowest BCUT2D eigenvalue weighted by atomic mass is 10.0. The maximum atomic E-state index is 14.4. The average molecular weight is 491 g/mol. The molecular weight excluding hydrogens is 463 g/mol. The zero-order valence-electron chi connectivity index (χ0n) is 19.7. The summed E-state index contributed by atoms with van der Waals surface area (Å²) in [6.45, 7) is 6.47. The molecule has 0 amide bonds. The van der Waals surface area contributed by atoms with Crippen molar-refractivity contribution in [1.82, 2.24) is 24.3 Å². The quantitative estimate of drug-likeness (QED) is 0.422. The van der Waals surface area contributed by atoms with Crippen molar-refractivity contribution in [3.05, 3.63) is 66.0 Å². The van der Waals surface area contributed by atoms with Gasteiger partial charge in [0.05, 0.1) is 35.6 Å². The zero-order valence-corrected chi connectivity index (χ0v) is 20.5. The van der Waals surface area contributed by atoms with E-state index in [0.29, 0.717) is 28.6 Å². The number of aliphatic hydroxyl groups excluding tert-OH is 1. The summed E-state index contributed by atoms with van der Waals surface area (Å²) < 4.78 is 18.2. The minimum absolute atomic E-state index is 0.301. The van der Waals surface area contributed by atoms with Gasteiger partial charge in [-0.15, -0.1) is 0 Å². The molecule has 1 saturated heterocycles. The first-order chi connectivity index (χ1) is 16.9. The monoisotopic (exact) mass is 490 g/mol. The molecule has 0 spiro atoms. The molecule has 1 atom stereocenters. The molecular formula is C26H27FN6OS. The molecule has 7 nitrogen and oxygen atoms in total. The number of piperidine rings is 1. The van der Waals surface area contributed by atoms with Crippen molar-refractivity contribution >= 4 is 17.3 Å². The van der Waals surface area contributed by atoms with Gasteiger partial charge in [0.2, 0.25) is 0 Å². The number of likely N-dealkylation sites (tertiary alicyclic amines) is 1. The van der Waals surface area contributed by atoms with Gasteiger partial charge >= 0.3 is 0 Å². The number of fused-ring (bicyclic) bond motifs is 1. The first-order valence-corrected chi connectivity index (χ1v) is 12.5. The lowest BCUT2D eigenvalue weighted by molar-refractivity contribution is 0.0992. The fourth-order valence-corrected chi connectivity index (χ4v) is 5.87. The number of β-amino-alcohol motifs (C(OH)–C–C–N with tert-alkyl or cyclic N) is 1. The number of hydrogen-bond acceptors (Lipinski definition) is 6. The standard InChI is InChI=1S/C26H27FN6OS/c1-17(34)15-31-9-7-21(8-10-31)33-18(2)22(14-30-33)19-11-25(35-24-6-4-3-5-23(24)27)26-20(12-28)13-29-32(26)16-19/h3-6,11,13-14,16-17,21,34H,7-10,15H2,1-2H3/t17-/m0/s1. The molecule has 35 heavy (non-hydrogen) atoms. The molecule has 1 aliphatic heterocycles. The van der Waals surface area contributed by atoms with Crippen molar-refractivity contribution in [2.24, 2.45) is 0 Å². The van der Waals surface area contributed by atoms with Crippen LogP contribution in [-0.4, -0.2) is 55.1 Å². The third kappa shape index (κ3) is 4.69. The molecule has 1 N–H and O–H groups in total. The summed E-state index contributed by atoms with van der Waals surface area (Å²) >= 11 is 1.29. The molecule has 3 aromatic heterocycles. The summed E-state index contributed by atoms with van der Waals surface area (Å²) in [5.74, 6) is -0.301. The third-order valence-corrected chi connectivity index (χ3v) is 7.62. The fourth-order valence-electron chi connectivity index (χ4n) is 4.83.